The second-order valence-electron chi connectivity index (χ2n) is 22.1. The van der Waals surface area contributed by atoms with Crippen LogP contribution in [0.25, 0.3) is 0 Å². The lowest BCUT2D eigenvalue weighted by Gasteiger charge is -2.50. The molecular formula is C60H84N4O16Si. The average Bonchev–Trinajstić information content (AvgIpc) is 3.60. The number of unbranched alkanes of at least 4 members (excludes halogenated alkanes) is 2. The molecule has 0 spiro atoms. The molecule has 2 fully saturated rings. The van der Waals surface area contributed by atoms with Crippen LogP contribution in [0, 0.1) is 6.92 Å². The number of nitrogens with zero attached hydrogens (tertiary/aromatic N) is 2. The Morgan fingerprint density at radius 2 is 1.36 bits per heavy atom. The second-order valence-corrected chi connectivity index (χ2v) is 27.6. The number of ether oxygens (including phenoxy) is 8. The topological polar surface area (TPSA) is 242 Å². The lowest BCUT2D eigenvalue weighted by molar-refractivity contribution is -0.273. The summed E-state index contributed by atoms with van der Waals surface area (Å²) in [6.45, 7) is 19.9. The summed E-state index contributed by atoms with van der Waals surface area (Å²) in [6.07, 6.45) is -2.83. The standard InChI is InChI=1S/C60H84N4O16Si/c1-38(2)81(39(3)4,40(5)6)76-37-59(36-75-60(45-19-15-13-16-20-45,46-21-25-48(72-11)26-22-46)47-23-27-49(73-12)28-24-47)35-63(34-51(80-59)64-33-41(7)56(70)62-58(64)71)31-17-14-18-32-74-57-53(61-42(8)65)55(78-44(10)67)54(77-43(9)66)50(79-57)29-30-52(68)69/h13,15-16,19-28,33,38-40,50-51,53-55,57H,14,17-18,29-32,34-37H2,1-12H3,(H,61,65)(H,68,69)(H,62,70,71)/t50-,51-,53-,54-,55-,57-,59+/m1/s1. The Bertz CT molecular complexity index is 2760. The van der Waals surface area contributed by atoms with Gasteiger partial charge >= 0.3 is 23.6 Å². The van der Waals surface area contributed by atoms with E-state index in [0.717, 1.165) is 16.7 Å². The van der Waals surface area contributed by atoms with Crippen molar-refractivity contribution in [1.82, 2.24) is 19.8 Å². The molecule has 0 unspecified atom stereocenters. The summed E-state index contributed by atoms with van der Waals surface area (Å²) in [5.74, 6) is -1.71. The lowest BCUT2D eigenvalue weighted by Crippen LogP contribution is -2.65. The highest BCUT2D eigenvalue weighted by Gasteiger charge is 2.53. The quantitative estimate of drug-likeness (QED) is 0.0213. The molecule has 1 aromatic heterocycles. The van der Waals surface area contributed by atoms with Crippen molar-refractivity contribution in [3.63, 3.8) is 0 Å². The molecule has 4 aromatic rings. The van der Waals surface area contributed by atoms with Crippen molar-refractivity contribution in [2.75, 3.05) is 53.7 Å². The molecule has 7 atom stereocenters. The van der Waals surface area contributed by atoms with E-state index in [2.05, 4.69) is 56.7 Å². The Morgan fingerprint density at radius 3 is 1.89 bits per heavy atom. The summed E-state index contributed by atoms with van der Waals surface area (Å²) in [6, 6.07) is 24.4. The predicted molar refractivity (Wildman–Crippen MR) is 305 cm³/mol. The lowest BCUT2D eigenvalue weighted by atomic mass is 9.79. The number of methoxy groups -OCH3 is 2. The fourth-order valence-electron chi connectivity index (χ4n) is 11.9. The predicted octanol–water partition coefficient (Wildman–Crippen LogP) is 7.78. The zero-order chi connectivity index (χ0) is 59.2. The van der Waals surface area contributed by atoms with Crippen molar-refractivity contribution in [1.29, 1.82) is 0 Å². The van der Waals surface area contributed by atoms with Crippen molar-refractivity contribution < 1.29 is 66.6 Å². The van der Waals surface area contributed by atoms with Gasteiger partial charge in [-0.25, -0.2) is 4.79 Å². The highest BCUT2D eigenvalue weighted by molar-refractivity contribution is 6.77. The van der Waals surface area contributed by atoms with Crippen LogP contribution in [0.15, 0.2) is 94.6 Å². The molecule has 3 heterocycles. The Labute approximate surface area is 476 Å². The molecule has 2 saturated heterocycles. The molecule has 0 aliphatic carbocycles. The number of rotatable bonds is 28. The Kier molecular flexibility index (Phi) is 22.6. The molecule has 0 saturated carbocycles. The molecule has 0 bridgehead atoms. The Morgan fingerprint density at radius 1 is 0.790 bits per heavy atom. The first-order valence-electron chi connectivity index (χ1n) is 27.9. The Hall–Kier alpha value is -6.20. The SMILES string of the molecule is COc1ccc(C(OC[C@]2(CO[Si](C(C)C)(C(C)C)C(C)C)CN(CCCCCO[C@@H]3O[C@H](CCC(=O)O)[C@@H](OC(C)=O)[C@H](OC(C)=O)[C@H]3NC(C)=O)C[C@H](n3cc(C)c(=O)[nH]c3=O)O2)(c2ccccc2)c2ccc(OC)cc2)cc1. The number of amides is 1. The zero-order valence-corrected chi connectivity index (χ0v) is 50.0. The number of carbonyl (C=O) groups is 4. The van der Waals surface area contributed by atoms with Crippen LogP contribution in [0.1, 0.15) is 123 Å². The molecule has 0 radical (unpaired) electrons. The van der Waals surface area contributed by atoms with Crippen LogP contribution in [0.4, 0.5) is 0 Å². The molecule has 6 rings (SSSR count). The van der Waals surface area contributed by atoms with Crippen LogP contribution < -0.4 is 26.0 Å². The summed E-state index contributed by atoms with van der Waals surface area (Å²) in [5.41, 5.74) is -0.182. The van der Waals surface area contributed by atoms with Crippen molar-refractivity contribution in [2.45, 2.75) is 166 Å². The van der Waals surface area contributed by atoms with Gasteiger partial charge in [0.2, 0.25) is 5.91 Å². The van der Waals surface area contributed by atoms with Gasteiger partial charge in [0.05, 0.1) is 27.4 Å². The van der Waals surface area contributed by atoms with Gasteiger partial charge in [-0.15, -0.1) is 0 Å². The number of aromatic nitrogens is 2. The van der Waals surface area contributed by atoms with Crippen molar-refractivity contribution in [2.24, 2.45) is 0 Å². The van der Waals surface area contributed by atoms with Crippen molar-refractivity contribution in [3.05, 3.63) is 128 Å². The van der Waals surface area contributed by atoms with Crippen LogP contribution in [0.5, 0.6) is 11.5 Å². The van der Waals surface area contributed by atoms with E-state index in [1.54, 1.807) is 21.1 Å². The zero-order valence-electron chi connectivity index (χ0n) is 49.0. The summed E-state index contributed by atoms with van der Waals surface area (Å²) < 4.78 is 59.1. The van der Waals surface area contributed by atoms with Gasteiger partial charge < -0.3 is 52.7 Å². The minimum atomic E-state index is -2.62. The van der Waals surface area contributed by atoms with Crippen molar-refractivity contribution in [3.8, 4) is 11.5 Å². The maximum atomic E-state index is 14.0. The largest absolute Gasteiger partial charge is 0.497 e. The van der Waals surface area contributed by atoms with Gasteiger partial charge in [-0.1, -0.05) is 96.1 Å². The van der Waals surface area contributed by atoms with Crippen LogP contribution in [-0.2, 0) is 57.6 Å². The van der Waals surface area contributed by atoms with E-state index < -0.39 is 91.5 Å². The molecule has 1 amide bonds. The molecule has 3 aromatic carbocycles. The number of esters is 2. The maximum absolute atomic E-state index is 14.0. The fourth-order valence-corrected chi connectivity index (χ4v) is 17.4. The molecule has 2 aliphatic heterocycles. The number of aryl methyl sites for hydroxylation is 1. The molecule has 3 N–H and O–H groups in total. The number of carboxylic acid groups (broad SMARTS) is 1. The normalized spacial score (nSPS) is 21.7. The van der Waals surface area contributed by atoms with Crippen LogP contribution in [0.2, 0.25) is 16.6 Å². The molecule has 21 heteroatoms. The molecule has 20 nitrogen and oxygen atoms in total. The third kappa shape index (κ3) is 15.7. The second kappa shape index (κ2) is 28.7. The first kappa shape index (κ1) is 64.0. The summed E-state index contributed by atoms with van der Waals surface area (Å²) >= 11 is 0. The number of aliphatic carboxylic acids is 1. The first-order valence-corrected chi connectivity index (χ1v) is 30.1. The van der Waals surface area contributed by atoms with E-state index in [1.165, 1.54) is 31.5 Å². The molecule has 444 valence electrons. The number of H-pyrrole nitrogens is 1. The summed E-state index contributed by atoms with van der Waals surface area (Å²) in [5, 5.41) is 12.3. The molecular weight excluding hydrogens is 1060 g/mol. The van der Waals surface area contributed by atoms with Gasteiger partial charge in [0.15, 0.2) is 33.0 Å². The number of carbonyl (C=O) groups excluding carboxylic acids is 3. The smallest absolute Gasteiger partial charge is 0.330 e. The number of carboxylic acids is 1. The monoisotopic (exact) mass is 1140 g/mol. The van der Waals surface area contributed by atoms with Gasteiger partial charge in [0, 0.05) is 58.6 Å². The Balaban J connectivity index is 1.37. The van der Waals surface area contributed by atoms with E-state index >= 15 is 0 Å². The van der Waals surface area contributed by atoms with Crippen LogP contribution >= 0.6 is 0 Å². The number of nitrogens with one attached hydrogen (secondary N) is 2. The first-order chi connectivity index (χ1) is 38.5. The summed E-state index contributed by atoms with van der Waals surface area (Å²) in [7, 11) is 0.620. The van der Waals surface area contributed by atoms with Gasteiger partial charge in [0.1, 0.15) is 34.8 Å². The van der Waals surface area contributed by atoms with E-state index in [1.807, 2.05) is 78.9 Å². The van der Waals surface area contributed by atoms with Gasteiger partial charge in [0.25, 0.3) is 5.56 Å². The third-order valence-electron chi connectivity index (χ3n) is 15.4. The minimum Gasteiger partial charge on any atom is -0.497 e. The van der Waals surface area contributed by atoms with E-state index in [0.29, 0.717) is 49.4 Å². The van der Waals surface area contributed by atoms with Crippen molar-refractivity contribution >= 4 is 32.1 Å². The van der Waals surface area contributed by atoms with E-state index in [9.17, 15) is 33.9 Å². The highest BCUT2D eigenvalue weighted by atomic mass is 28.4. The molecule has 2 aliphatic rings. The minimum absolute atomic E-state index is 0.0341. The van der Waals surface area contributed by atoms with Gasteiger partial charge in [-0.2, -0.15) is 0 Å². The number of benzene rings is 3. The van der Waals surface area contributed by atoms with E-state index in [-0.39, 0.29) is 55.8 Å². The maximum Gasteiger partial charge on any atom is 0.330 e. The van der Waals surface area contributed by atoms with E-state index in [4.69, 9.17) is 42.3 Å². The third-order valence-corrected chi connectivity index (χ3v) is 21.5. The number of hydrogen-bond acceptors (Lipinski definition) is 16. The number of aromatic amines is 1. The van der Waals surface area contributed by atoms with Gasteiger partial charge in [-0.05, 0) is 96.7 Å². The number of hydrogen-bond donors (Lipinski definition) is 3. The van der Waals surface area contributed by atoms with Crippen LogP contribution in [0.3, 0.4) is 0 Å². The summed E-state index contributed by atoms with van der Waals surface area (Å²) in [4.78, 5) is 80.6. The van der Waals surface area contributed by atoms with Gasteiger partial charge in [-0.3, -0.25) is 38.4 Å². The average molecular weight is 1150 g/mol. The highest BCUT2D eigenvalue weighted by Crippen LogP contribution is 2.46. The molecule has 81 heavy (non-hydrogen) atoms. The number of morpholine rings is 1. The van der Waals surface area contributed by atoms with Crippen LogP contribution in [-0.4, -0.2) is 142 Å². The fraction of sp³-hybridized carbons (Fsp3) is 0.567.